The number of imidazole rings is 1. The van der Waals surface area contributed by atoms with Gasteiger partial charge in [-0.25, -0.2) is 15.0 Å². The van der Waals surface area contributed by atoms with E-state index < -0.39 is 0 Å². The van der Waals surface area contributed by atoms with Crippen molar-refractivity contribution in [3.63, 3.8) is 0 Å². The maximum Gasteiger partial charge on any atom is 0.197 e. The minimum atomic E-state index is 0.390. The van der Waals surface area contributed by atoms with Crippen molar-refractivity contribution in [1.29, 1.82) is 0 Å². The first kappa shape index (κ1) is 16.2. The van der Waals surface area contributed by atoms with Gasteiger partial charge in [0.1, 0.15) is 5.76 Å². The number of furan rings is 1. The average Bonchev–Trinajstić information content (AvgIpc) is 3.43. The second kappa shape index (κ2) is 6.62. The van der Waals surface area contributed by atoms with Gasteiger partial charge in [0.05, 0.1) is 37.2 Å². The van der Waals surface area contributed by atoms with Crippen molar-refractivity contribution < 1.29 is 4.42 Å². The number of aryl methyl sites for hydroxylation is 1. The Bertz CT molecular complexity index is 1040. The molecule has 1 aliphatic rings. The second-order valence-corrected chi connectivity index (χ2v) is 7.04. The van der Waals surface area contributed by atoms with Gasteiger partial charge in [0.25, 0.3) is 0 Å². The number of likely N-dealkylation sites (tertiary alicyclic amines) is 1. The number of rotatable bonds is 4. The Morgan fingerprint density at radius 3 is 2.81 bits per heavy atom. The molecular formula is C19H21N7O. The second-order valence-electron chi connectivity index (χ2n) is 7.04. The van der Waals surface area contributed by atoms with E-state index in [9.17, 15) is 0 Å². The first-order valence-corrected chi connectivity index (χ1v) is 9.19. The van der Waals surface area contributed by atoms with Gasteiger partial charge < -0.3 is 8.98 Å². The van der Waals surface area contributed by atoms with Crippen LogP contribution in [0.25, 0.3) is 22.6 Å². The molecule has 0 bridgehead atoms. The van der Waals surface area contributed by atoms with E-state index in [-0.39, 0.29) is 0 Å². The monoisotopic (exact) mass is 363 g/mol. The summed E-state index contributed by atoms with van der Waals surface area (Å²) in [7, 11) is 1.90. The minimum Gasteiger partial charge on any atom is -0.468 e. The Morgan fingerprint density at radius 2 is 2.07 bits per heavy atom. The van der Waals surface area contributed by atoms with E-state index in [1.165, 1.54) is 0 Å². The van der Waals surface area contributed by atoms with Gasteiger partial charge in [-0.05, 0) is 25.0 Å². The van der Waals surface area contributed by atoms with Gasteiger partial charge in [-0.1, -0.05) is 0 Å². The maximum atomic E-state index is 5.47. The third-order valence-corrected chi connectivity index (χ3v) is 5.20. The van der Waals surface area contributed by atoms with Gasteiger partial charge in [0, 0.05) is 37.9 Å². The Hall–Kier alpha value is -3.00. The molecule has 4 aromatic heterocycles. The third-order valence-electron chi connectivity index (χ3n) is 5.20. The molecule has 8 nitrogen and oxygen atoms in total. The van der Waals surface area contributed by atoms with E-state index in [0.717, 1.165) is 55.1 Å². The normalized spacial score (nSPS) is 16.3. The highest BCUT2D eigenvalue weighted by Gasteiger charge is 2.23. The lowest BCUT2D eigenvalue weighted by molar-refractivity contribution is 0.170. The fourth-order valence-electron chi connectivity index (χ4n) is 3.75. The predicted octanol–water partition coefficient (Wildman–Crippen LogP) is 2.66. The van der Waals surface area contributed by atoms with Crippen LogP contribution in [0.2, 0.25) is 0 Å². The van der Waals surface area contributed by atoms with Crippen molar-refractivity contribution in [2.24, 2.45) is 7.05 Å². The standard InChI is InChI=1S/C19H21N7O/c1-24-11-14(9-22-24)17-10-20-18-19(23-17)26(13-21-18)15-4-6-25(7-5-15)12-16-3-2-8-27-16/h2-3,8-11,13,15H,4-7,12H2,1H3. The zero-order chi connectivity index (χ0) is 18.2. The van der Waals surface area contributed by atoms with Crippen LogP contribution in [0.3, 0.4) is 0 Å². The molecule has 5 heterocycles. The van der Waals surface area contributed by atoms with Crippen molar-refractivity contribution in [2.45, 2.75) is 25.4 Å². The Balaban J connectivity index is 1.36. The molecule has 8 heteroatoms. The highest BCUT2D eigenvalue weighted by atomic mass is 16.3. The molecule has 27 heavy (non-hydrogen) atoms. The molecule has 4 aromatic rings. The minimum absolute atomic E-state index is 0.390. The van der Waals surface area contributed by atoms with Crippen LogP contribution >= 0.6 is 0 Å². The molecular weight excluding hydrogens is 342 g/mol. The third kappa shape index (κ3) is 3.12. The highest BCUT2D eigenvalue weighted by Crippen LogP contribution is 2.27. The molecule has 1 aliphatic heterocycles. The van der Waals surface area contributed by atoms with E-state index >= 15 is 0 Å². The summed E-state index contributed by atoms with van der Waals surface area (Å²) in [6, 6.07) is 4.37. The molecule has 138 valence electrons. The number of aromatic nitrogens is 6. The van der Waals surface area contributed by atoms with E-state index in [4.69, 9.17) is 9.40 Å². The van der Waals surface area contributed by atoms with Crippen LogP contribution in [0.15, 0.2) is 47.7 Å². The largest absolute Gasteiger partial charge is 0.468 e. The van der Waals surface area contributed by atoms with E-state index in [1.54, 1.807) is 17.1 Å². The summed E-state index contributed by atoms with van der Waals surface area (Å²) in [5.74, 6) is 1.02. The Morgan fingerprint density at radius 1 is 1.19 bits per heavy atom. The summed E-state index contributed by atoms with van der Waals surface area (Å²) in [6.07, 6.45) is 11.3. The fraction of sp³-hybridized carbons (Fsp3) is 0.368. The lowest BCUT2D eigenvalue weighted by Gasteiger charge is -2.32. The first-order chi connectivity index (χ1) is 13.3. The molecule has 1 saturated heterocycles. The molecule has 0 saturated carbocycles. The van der Waals surface area contributed by atoms with Crippen LogP contribution in [0, 0.1) is 0 Å². The lowest BCUT2D eigenvalue weighted by atomic mass is 10.0. The maximum absolute atomic E-state index is 5.47. The number of piperidine rings is 1. The number of hydrogen-bond donors (Lipinski definition) is 0. The quantitative estimate of drug-likeness (QED) is 0.555. The fourth-order valence-corrected chi connectivity index (χ4v) is 3.75. The SMILES string of the molecule is Cn1cc(-c2cnc3ncn(C4CCN(Cc5ccco5)CC4)c3n2)cn1. The van der Waals surface area contributed by atoms with E-state index in [1.807, 2.05) is 37.9 Å². The molecule has 0 amide bonds. The number of hydrogen-bond acceptors (Lipinski definition) is 6. The molecule has 0 aliphatic carbocycles. The highest BCUT2D eigenvalue weighted by molar-refractivity contribution is 5.70. The summed E-state index contributed by atoms with van der Waals surface area (Å²) < 4.78 is 9.43. The zero-order valence-corrected chi connectivity index (χ0v) is 15.2. The molecule has 0 radical (unpaired) electrons. The van der Waals surface area contributed by atoms with Crippen LogP contribution in [0.4, 0.5) is 0 Å². The number of fused-ring (bicyclic) bond motifs is 1. The van der Waals surface area contributed by atoms with Gasteiger partial charge in [0.2, 0.25) is 0 Å². The topological polar surface area (TPSA) is 77.8 Å². The zero-order valence-electron chi connectivity index (χ0n) is 15.2. The van der Waals surface area contributed by atoms with Gasteiger partial charge in [0.15, 0.2) is 11.3 Å². The van der Waals surface area contributed by atoms with Gasteiger partial charge >= 0.3 is 0 Å². The molecule has 5 rings (SSSR count). The van der Waals surface area contributed by atoms with Gasteiger partial charge in [-0.3, -0.25) is 9.58 Å². The predicted molar refractivity (Wildman–Crippen MR) is 99.8 cm³/mol. The Kier molecular flexibility index (Phi) is 3.97. The van der Waals surface area contributed by atoms with Crippen LogP contribution in [-0.2, 0) is 13.6 Å². The van der Waals surface area contributed by atoms with Crippen LogP contribution in [0.1, 0.15) is 24.6 Å². The van der Waals surface area contributed by atoms with Gasteiger partial charge in [-0.2, -0.15) is 5.10 Å². The van der Waals surface area contributed by atoms with Gasteiger partial charge in [-0.15, -0.1) is 0 Å². The van der Waals surface area contributed by atoms with Crippen LogP contribution < -0.4 is 0 Å². The molecule has 0 spiro atoms. The van der Waals surface area contributed by atoms with Crippen molar-refractivity contribution in [2.75, 3.05) is 13.1 Å². The molecule has 0 atom stereocenters. The van der Waals surface area contributed by atoms with Crippen molar-refractivity contribution >= 4 is 11.3 Å². The smallest absolute Gasteiger partial charge is 0.197 e. The van der Waals surface area contributed by atoms with E-state index in [2.05, 4.69) is 24.5 Å². The molecule has 0 unspecified atom stereocenters. The van der Waals surface area contributed by atoms with Crippen LogP contribution in [0.5, 0.6) is 0 Å². The van der Waals surface area contributed by atoms with E-state index in [0.29, 0.717) is 11.7 Å². The van der Waals surface area contributed by atoms with Crippen molar-refractivity contribution in [1.82, 2.24) is 34.2 Å². The average molecular weight is 363 g/mol. The summed E-state index contributed by atoms with van der Waals surface area (Å²) in [5, 5.41) is 4.23. The molecule has 0 aromatic carbocycles. The van der Waals surface area contributed by atoms with Crippen LogP contribution in [-0.4, -0.2) is 47.3 Å². The Labute approximate surface area is 156 Å². The summed E-state index contributed by atoms with van der Waals surface area (Å²) >= 11 is 0. The van der Waals surface area contributed by atoms with Crippen molar-refractivity contribution in [3.05, 3.63) is 49.1 Å². The lowest BCUT2D eigenvalue weighted by Crippen LogP contribution is -2.34. The summed E-state index contributed by atoms with van der Waals surface area (Å²) in [6.45, 7) is 2.93. The number of nitrogens with zero attached hydrogens (tertiary/aromatic N) is 7. The van der Waals surface area contributed by atoms with Crippen molar-refractivity contribution in [3.8, 4) is 11.3 Å². The first-order valence-electron chi connectivity index (χ1n) is 9.19. The molecule has 1 fully saturated rings. The summed E-state index contributed by atoms with van der Waals surface area (Å²) in [5.41, 5.74) is 3.34. The summed E-state index contributed by atoms with van der Waals surface area (Å²) in [4.78, 5) is 16.2. The molecule has 0 N–H and O–H groups in total.